The van der Waals surface area contributed by atoms with Crippen LogP contribution in [0.3, 0.4) is 0 Å². The molecule has 3 saturated carbocycles. The number of benzene rings is 2. The van der Waals surface area contributed by atoms with Gasteiger partial charge in [-0.15, -0.1) is 0 Å². The molecule has 3 aliphatic carbocycles. The molecule has 4 unspecified atom stereocenters. The Labute approximate surface area is 351 Å². The summed E-state index contributed by atoms with van der Waals surface area (Å²) in [5.41, 5.74) is 0.0447. The quantitative estimate of drug-likeness (QED) is 0.135. The third-order valence-corrected chi connectivity index (χ3v) is 11.7. The van der Waals surface area contributed by atoms with Crippen LogP contribution in [-0.4, -0.2) is 96.6 Å². The van der Waals surface area contributed by atoms with Crippen molar-refractivity contribution < 1.29 is 47.4 Å². The molecule has 1 aliphatic heterocycles. The molecular weight excluding hydrogens is 753 g/mol. The van der Waals surface area contributed by atoms with Gasteiger partial charge in [-0.25, -0.2) is 14.4 Å². The van der Waals surface area contributed by atoms with Crippen LogP contribution in [0.1, 0.15) is 133 Å². The van der Waals surface area contributed by atoms with Crippen LogP contribution >= 0.6 is 0 Å². The first kappa shape index (κ1) is 45.8. The Hall–Kier alpha value is -4.30. The monoisotopic (exact) mass is 819 g/mol. The lowest BCUT2D eigenvalue weighted by Crippen LogP contribution is -2.65. The van der Waals surface area contributed by atoms with Gasteiger partial charge in [0.15, 0.2) is 0 Å². The lowest BCUT2D eigenvalue weighted by Gasteiger charge is -2.64. The van der Waals surface area contributed by atoms with Crippen molar-refractivity contribution in [1.82, 2.24) is 15.1 Å². The molecule has 2 bridgehead atoms. The fourth-order valence-corrected chi connectivity index (χ4v) is 8.64. The van der Waals surface area contributed by atoms with E-state index in [4.69, 9.17) is 28.3 Å². The molecular formula is C45H66BN3O10. The Morgan fingerprint density at radius 3 is 1.93 bits per heavy atom. The standard InChI is InChI=1S/C45H66BN3O10/c1-41(2,3)55-38(51)32-18-16-17-27(36(32)54-15)22-35(46-58-34-24-31-23-33(44(31,10)11)45(34,12)59-46)47-37(50)28-19-20-29(25-48(13)39(52)56-42(4,5)6)30(21-28)26-49(14)40(53)57-43(7,8)9/h16-21,31,33-35H,22-26H2,1-15H3,(H,47,50)/t31?,33?,34?,35-,45?/m0/s1. The van der Waals surface area contributed by atoms with Gasteiger partial charge >= 0.3 is 25.3 Å². The van der Waals surface area contributed by atoms with Crippen molar-refractivity contribution in [3.63, 3.8) is 0 Å². The molecule has 4 fully saturated rings. The van der Waals surface area contributed by atoms with Crippen molar-refractivity contribution in [2.24, 2.45) is 17.3 Å². The Bertz CT molecular complexity index is 1910. The summed E-state index contributed by atoms with van der Waals surface area (Å²) in [4.78, 5) is 56.8. The van der Waals surface area contributed by atoms with Gasteiger partial charge in [-0.05, 0) is 141 Å². The topological polar surface area (TPSA) is 142 Å². The highest BCUT2D eigenvalue weighted by molar-refractivity contribution is 6.48. The first-order valence-electron chi connectivity index (χ1n) is 20.6. The number of carbonyl (C=O) groups is 4. The zero-order valence-corrected chi connectivity index (χ0v) is 37.9. The summed E-state index contributed by atoms with van der Waals surface area (Å²) in [6, 6.07) is 10.5. The third-order valence-electron chi connectivity index (χ3n) is 11.7. The van der Waals surface area contributed by atoms with Gasteiger partial charge in [0, 0.05) is 32.7 Å². The van der Waals surface area contributed by atoms with Gasteiger partial charge in [-0.1, -0.05) is 32.0 Å². The Morgan fingerprint density at radius 1 is 0.814 bits per heavy atom. The average Bonchev–Trinajstić information content (AvgIpc) is 3.46. The number of carbonyl (C=O) groups excluding carboxylic acids is 4. The number of hydrogen-bond acceptors (Lipinski definition) is 10. The Balaban J connectivity index is 1.49. The van der Waals surface area contributed by atoms with E-state index in [1.54, 1.807) is 107 Å². The maximum absolute atomic E-state index is 14.5. The Morgan fingerprint density at radius 2 is 1.39 bits per heavy atom. The van der Waals surface area contributed by atoms with Crippen LogP contribution in [0, 0.1) is 17.3 Å². The maximum atomic E-state index is 14.5. The van der Waals surface area contributed by atoms with Gasteiger partial charge in [0.05, 0.1) is 24.8 Å². The second-order valence-electron chi connectivity index (χ2n) is 20.3. The smallest absolute Gasteiger partial charge is 0.482 e. The number of hydrogen-bond donors (Lipinski definition) is 1. The number of ether oxygens (including phenoxy) is 4. The average molecular weight is 820 g/mol. The molecule has 59 heavy (non-hydrogen) atoms. The highest BCUT2D eigenvalue weighted by atomic mass is 16.7. The molecule has 0 aromatic heterocycles. The molecule has 0 spiro atoms. The van der Waals surface area contributed by atoms with Crippen molar-refractivity contribution in [2.75, 3.05) is 21.2 Å². The fourth-order valence-electron chi connectivity index (χ4n) is 8.64. The fraction of sp³-hybridized carbons (Fsp3) is 0.644. The molecule has 324 valence electrons. The van der Waals surface area contributed by atoms with Gasteiger partial charge in [0.1, 0.15) is 28.1 Å². The number of nitrogens with zero attached hydrogens (tertiary/aromatic N) is 2. The number of nitrogens with one attached hydrogen (secondary N) is 1. The van der Waals surface area contributed by atoms with E-state index in [9.17, 15) is 19.2 Å². The number of methoxy groups -OCH3 is 1. The summed E-state index contributed by atoms with van der Waals surface area (Å²) in [7, 11) is 3.96. The normalized spacial score (nSPS) is 22.6. The Kier molecular flexibility index (Phi) is 12.9. The summed E-state index contributed by atoms with van der Waals surface area (Å²) in [5, 5.41) is 3.23. The van der Waals surface area contributed by atoms with E-state index >= 15 is 0 Å². The molecule has 5 atom stereocenters. The van der Waals surface area contributed by atoms with E-state index in [0.717, 1.165) is 12.8 Å². The predicted molar refractivity (Wildman–Crippen MR) is 225 cm³/mol. The van der Waals surface area contributed by atoms with Crippen molar-refractivity contribution in [2.45, 2.75) is 150 Å². The van der Waals surface area contributed by atoms with Crippen molar-refractivity contribution in [1.29, 1.82) is 0 Å². The second-order valence-corrected chi connectivity index (χ2v) is 20.3. The summed E-state index contributed by atoms with van der Waals surface area (Å²) in [6.45, 7) is 23.2. The number of rotatable bonds is 11. The first-order valence-corrected chi connectivity index (χ1v) is 20.6. The second kappa shape index (κ2) is 16.6. The van der Waals surface area contributed by atoms with Crippen LogP contribution in [0.5, 0.6) is 5.75 Å². The van der Waals surface area contributed by atoms with E-state index in [2.05, 4.69) is 26.1 Å². The molecule has 1 N–H and O–H groups in total. The van der Waals surface area contributed by atoms with E-state index in [-0.39, 0.29) is 36.6 Å². The van der Waals surface area contributed by atoms with E-state index in [1.165, 1.54) is 16.9 Å². The van der Waals surface area contributed by atoms with Gasteiger partial charge in [0.2, 0.25) is 0 Å². The predicted octanol–water partition coefficient (Wildman–Crippen LogP) is 7.99. The van der Waals surface area contributed by atoms with E-state index in [1.807, 2.05) is 6.07 Å². The molecule has 2 aromatic carbocycles. The SMILES string of the molecule is COc1c(C[C@H](NC(=O)c2ccc(CN(C)C(=O)OC(C)(C)C)c(CN(C)C(=O)OC(C)(C)C)c2)B2OC3CC4CC(C4(C)C)C3(C)O2)cccc1C(=O)OC(C)(C)C. The number of para-hydroxylation sites is 1. The molecule has 1 saturated heterocycles. The van der Waals surface area contributed by atoms with Gasteiger partial charge in [-0.2, -0.15) is 0 Å². The zero-order chi connectivity index (χ0) is 44.0. The minimum Gasteiger partial charge on any atom is -0.496 e. The lowest BCUT2D eigenvalue weighted by molar-refractivity contribution is -0.199. The summed E-state index contributed by atoms with van der Waals surface area (Å²) in [5.74, 6) is -0.470. The van der Waals surface area contributed by atoms with Crippen molar-refractivity contribution in [3.8, 4) is 5.75 Å². The van der Waals surface area contributed by atoms with Crippen molar-refractivity contribution in [3.05, 3.63) is 64.2 Å². The molecule has 1 heterocycles. The van der Waals surface area contributed by atoms with Crippen LogP contribution in [0.2, 0.25) is 0 Å². The largest absolute Gasteiger partial charge is 0.496 e. The van der Waals surface area contributed by atoms with Crippen LogP contribution in [0.4, 0.5) is 9.59 Å². The molecule has 6 rings (SSSR count). The van der Waals surface area contributed by atoms with Gasteiger partial charge in [0.25, 0.3) is 5.91 Å². The molecule has 14 heteroatoms. The number of amides is 3. The van der Waals surface area contributed by atoms with Gasteiger partial charge < -0.3 is 43.4 Å². The van der Waals surface area contributed by atoms with E-state index in [0.29, 0.717) is 39.8 Å². The summed E-state index contributed by atoms with van der Waals surface area (Å²) >= 11 is 0. The van der Waals surface area contributed by atoms with Crippen LogP contribution < -0.4 is 10.1 Å². The van der Waals surface area contributed by atoms with Gasteiger partial charge in [-0.3, -0.25) is 4.79 Å². The highest BCUT2D eigenvalue weighted by Gasteiger charge is 2.68. The van der Waals surface area contributed by atoms with Crippen LogP contribution in [-0.2, 0) is 43.0 Å². The van der Waals surface area contributed by atoms with Crippen LogP contribution in [0.15, 0.2) is 36.4 Å². The molecule has 0 radical (unpaired) electrons. The molecule has 3 amide bonds. The highest BCUT2D eigenvalue weighted by Crippen LogP contribution is 2.65. The summed E-state index contributed by atoms with van der Waals surface area (Å²) in [6.07, 6.45) is 0.954. The minimum atomic E-state index is -0.807. The number of esters is 1. The zero-order valence-electron chi connectivity index (χ0n) is 37.9. The van der Waals surface area contributed by atoms with Crippen LogP contribution in [0.25, 0.3) is 0 Å². The third kappa shape index (κ3) is 10.5. The molecule has 2 aromatic rings. The van der Waals surface area contributed by atoms with E-state index < -0.39 is 59.5 Å². The lowest BCUT2D eigenvalue weighted by atomic mass is 9.43. The molecule has 13 nitrogen and oxygen atoms in total. The summed E-state index contributed by atoms with van der Waals surface area (Å²) < 4.78 is 36.4. The molecule has 4 aliphatic rings. The maximum Gasteiger partial charge on any atom is 0.482 e. The van der Waals surface area contributed by atoms with Crippen molar-refractivity contribution >= 4 is 31.2 Å². The first-order chi connectivity index (χ1) is 27.1. The minimum absolute atomic E-state index is 0.0961.